The Hall–Kier alpha value is -2.02. The molecule has 128 valence electrons. The smallest absolute Gasteiger partial charge is 0.226 e. The summed E-state index contributed by atoms with van der Waals surface area (Å²) in [5.41, 5.74) is 1.86. The average Bonchev–Trinajstić information content (AvgIpc) is 3.15. The minimum atomic E-state index is -0.274. The quantitative estimate of drug-likeness (QED) is 0.838. The van der Waals surface area contributed by atoms with Crippen molar-refractivity contribution in [3.63, 3.8) is 0 Å². The number of H-pyrrole nitrogens is 1. The number of amides is 2. The number of para-hydroxylation sites is 2. The van der Waals surface area contributed by atoms with Gasteiger partial charge in [-0.1, -0.05) is 12.1 Å². The molecule has 0 unspecified atom stereocenters. The van der Waals surface area contributed by atoms with E-state index in [-0.39, 0.29) is 30.2 Å². The van der Waals surface area contributed by atoms with Crippen LogP contribution in [0.4, 0.5) is 0 Å². The number of rotatable bonds is 6. The first-order valence-corrected chi connectivity index (χ1v) is 9.45. The lowest BCUT2D eigenvalue weighted by molar-refractivity contribution is -0.128. The number of hydrogen-bond donors (Lipinski definition) is 2. The van der Waals surface area contributed by atoms with E-state index >= 15 is 0 Å². The van der Waals surface area contributed by atoms with Crippen LogP contribution in [0, 0.1) is 5.92 Å². The second-order valence-corrected chi connectivity index (χ2v) is 7.14. The number of fused-ring (bicyclic) bond motifs is 1. The average molecular weight is 346 g/mol. The fraction of sp³-hybridized carbons (Fsp3) is 0.471. The Balaban J connectivity index is 1.76. The molecule has 0 saturated carbocycles. The highest BCUT2D eigenvalue weighted by Gasteiger charge is 2.33. The molecule has 1 fully saturated rings. The van der Waals surface area contributed by atoms with Gasteiger partial charge in [0.05, 0.1) is 23.0 Å². The molecule has 3 rings (SSSR count). The van der Waals surface area contributed by atoms with Crippen LogP contribution in [0.5, 0.6) is 0 Å². The molecule has 2 amide bonds. The Kier molecular flexibility index (Phi) is 5.08. The fourth-order valence-corrected chi connectivity index (χ4v) is 3.45. The van der Waals surface area contributed by atoms with E-state index in [0.717, 1.165) is 29.0 Å². The summed E-state index contributed by atoms with van der Waals surface area (Å²) in [5, 5.41) is 3.09. The number of hydrogen-bond acceptors (Lipinski definition) is 4. The largest absolute Gasteiger partial charge is 0.346 e. The van der Waals surface area contributed by atoms with Crippen molar-refractivity contribution >= 4 is 34.6 Å². The van der Waals surface area contributed by atoms with Crippen LogP contribution in [0.2, 0.25) is 0 Å². The lowest BCUT2D eigenvalue weighted by Gasteiger charge is -2.18. The van der Waals surface area contributed by atoms with E-state index in [1.54, 1.807) is 23.7 Å². The van der Waals surface area contributed by atoms with Crippen LogP contribution >= 0.6 is 11.8 Å². The van der Waals surface area contributed by atoms with Gasteiger partial charge in [-0.2, -0.15) is 11.8 Å². The highest BCUT2D eigenvalue weighted by Crippen LogP contribution is 2.22. The molecule has 1 aliphatic rings. The van der Waals surface area contributed by atoms with Crippen molar-refractivity contribution in [2.45, 2.75) is 18.9 Å². The maximum atomic E-state index is 12.6. The predicted octanol–water partition coefficient (Wildman–Crippen LogP) is 1.95. The van der Waals surface area contributed by atoms with Crippen molar-refractivity contribution in [1.29, 1.82) is 0 Å². The highest BCUT2D eigenvalue weighted by molar-refractivity contribution is 7.98. The van der Waals surface area contributed by atoms with Gasteiger partial charge in [-0.3, -0.25) is 9.59 Å². The minimum Gasteiger partial charge on any atom is -0.346 e. The second-order valence-electron chi connectivity index (χ2n) is 6.16. The van der Waals surface area contributed by atoms with E-state index in [9.17, 15) is 9.59 Å². The monoisotopic (exact) mass is 346 g/mol. The molecule has 2 heterocycles. The predicted molar refractivity (Wildman–Crippen MR) is 95.7 cm³/mol. The molecule has 1 aliphatic heterocycles. The summed E-state index contributed by atoms with van der Waals surface area (Å²) in [6.45, 7) is 0.486. The zero-order chi connectivity index (χ0) is 17.1. The van der Waals surface area contributed by atoms with Gasteiger partial charge < -0.3 is 15.2 Å². The summed E-state index contributed by atoms with van der Waals surface area (Å²) in [6.07, 6.45) is 3.13. The number of aromatic nitrogens is 2. The minimum absolute atomic E-state index is 0.0274. The molecule has 2 aromatic rings. The molecule has 1 saturated heterocycles. The van der Waals surface area contributed by atoms with Gasteiger partial charge in [0.2, 0.25) is 11.8 Å². The first-order valence-electron chi connectivity index (χ1n) is 8.06. The molecule has 2 N–H and O–H groups in total. The van der Waals surface area contributed by atoms with E-state index in [1.165, 1.54) is 0 Å². The van der Waals surface area contributed by atoms with Crippen LogP contribution < -0.4 is 5.32 Å². The van der Waals surface area contributed by atoms with Gasteiger partial charge in [-0.05, 0) is 30.6 Å². The molecule has 24 heavy (non-hydrogen) atoms. The van der Waals surface area contributed by atoms with E-state index in [1.807, 2.05) is 30.5 Å². The van der Waals surface area contributed by atoms with Gasteiger partial charge in [0.15, 0.2) is 0 Å². The lowest BCUT2D eigenvalue weighted by Crippen LogP contribution is -2.35. The molecular formula is C17H22N4O2S. The molecule has 0 spiro atoms. The molecule has 1 aromatic carbocycles. The van der Waals surface area contributed by atoms with Crippen LogP contribution in [0.15, 0.2) is 24.3 Å². The van der Waals surface area contributed by atoms with Crippen LogP contribution in [-0.4, -0.2) is 52.3 Å². The molecule has 2 atom stereocenters. The normalized spacial score (nSPS) is 19.0. The number of imidazole rings is 1. The van der Waals surface area contributed by atoms with E-state index < -0.39 is 0 Å². The molecule has 0 aliphatic carbocycles. The van der Waals surface area contributed by atoms with Gasteiger partial charge in [-0.15, -0.1) is 0 Å². The summed E-state index contributed by atoms with van der Waals surface area (Å²) in [7, 11) is 1.74. The zero-order valence-electron chi connectivity index (χ0n) is 13.9. The first-order chi connectivity index (χ1) is 11.6. The van der Waals surface area contributed by atoms with Crippen LogP contribution in [0.3, 0.4) is 0 Å². The molecule has 1 aromatic heterocycles. The molecule has 0 bridgehead atoms. The number of likely N-dealkylation sites (tertiary alicyclic amines) is 1. The van der Waals surface area contributed by atoms with Gasteiger partial charge in [0.1, 0.15) is 5.82 Å². The van der Waals surface area contributed by atoms with Crippen molar-refractivity contribution in [3.05, 3.63) is 30.1 Å². The number of benzene rings is 1. The van der Waals surface area contributed by atoms with E-state index in [4.69, 9.17) is 0 Å². The third-order valence-electron chi connectivity index (χ3n) is 4.38. The molecule has 7 heteroatoms. The van der Waals surface area contributed by atoms with Gasteiger partial charge in [0.25, 0.3) is 0 Å². The highest BCUT2D eigenvalue weighted by atomic mass is 32.2. The molecular weight excluding hydrogens is 324 g/mol. The maximum Gasteiger partial charge on any atom is 0.226 e. The Labute approximate surface area is 145 Å². The van der Waals surface area contributed by atoms with Crippen molar-refractivity contribution < 1.29 is 9.59 Å². The lowest BCUT2D eigenvalue weighted by atomic mass is 10.1. The van der Waals surface area contributed by atoms with Crippen molar-refractivity contribution in [2.75, 3.05) is 25.6 Å². The maximum absolute atomic E-state index is 12.6. The number of nitrogens with zero attached hydrogens (tertiary/aromatic N) is 2. The Morgan fingerprint density at radius 1 is 1.50 bits per heavy atom. The number of aromatic amines is 1. The summed E-state index contributed by atoms with van der Waals surface area (Å²) in [4.78, 5) is 33.8. The van der Waals surface area contributed by atoms with Crippen molar-refractivity contribution in [3.8, 4) is 0 Å². The summed E-state index contributed by atoms with van der Waals surface area (Å²) >= 11 is 1.74. The summed E-state index contributed by atoms with van der Waals surface area (Å²) < 4.78 is 0. The van der Waals surface area contributed by atoms with E-state index in [0.29, 0.717) is 6.54 Å². The van der Waals surface area contributed by atoms with Gasteiger partial charge in [0, 0.05) is 20.0 Å². The number of carbonyl (C=O) groups is 2. The van der Waals surface area contributed by atoms with Crippen molar-refractivity contribution in [1.82, 2.24) is 20.2 Å². The Morgan fingerprint density at radius 3 is 2.96 bits per heavy atom. The van der Waals surface area contributed by atoms with Crippen molar-refractivity contribution in [2.24, 2.45) is 5.92 Å². The topological polar surface area (TPSA) is 78.1 Å². The standard InChI is InChI=1S/C17H22N4O2S/c1-21-10-11(9-15(21)22)17(23)20-14(7-8-24-2)16-18-12-5-3-4-6-13(12)19-16/h3-6,11,14H,7-10H2,1-2H3,(H,18,19)(H,20,23)/t11-,14+/m1/s1. The van der Waals surface area contributed by atoms with Crippen LogP contribution in [-0.2, 0) is 9.59 Å². The van der Waals surface area contributed by atoms with Gasteiger partial charge >= 0.3 is 0 Å². The van der Waals surface area contributed by atoms with E-state index in [2.05, 4.69) is 15.3 Å². The van der Waals surface area contributed by atoms with Gasteiger partial charge in [-0.25, -0.2) is 4.98 Å². The van der Waals surface area contributed by atoms with Crippen LogP contribution in [0.25, 0.3) is 11.0 Å². The SMILES string of the molecule is CSCC[C@H](NC(=O)[C@@H]1CC(=O)N(C)C1)c1nc2ccccc2[nH]1. The molecule has 6 nitrogen and oxygen atoms in total. The number of carbonyl (C=O) groups excluding carboxylic acids is 2. The number of nitrogens with one attached hydrogen (secondary N) is 2. The fourth-order valence-electron chi connectivity index (χ4n) is 2.98. The summed E-state index contributed by atoms with van der Waals surface area (Å²) in [6, 6.07) is 7.66. The Bertz CT molecular complexity index is 712. The van der Waals surface area contributed by atoms with Crippen LogP contribution in [0.1, 0.15) is 24.7 Å². The molecule has 0 radical (unpaired) electrons. The number of thioether (sulfide) groups is 1. The summed E-state index contributed by atoms with van der Waals surface area (Å²) in [5.74, 6) is 1.38. The third-order valence-corrected chi connectivity index (χ3v) is 5.02. The third kappa shape index (κ3) is 3.56. The Morgan fingerprint density at radius 2 is 2.29 bits per heavy atom. The zero-order valence-corrected chi connectivity index (χ0v) is 14.7. The first kappa shape index (κ1) is 16.8. The second kappa shape index (κ2) is 7.25.